The van der Waals surface area contributed by atoms with E-state index in [0.29, 0.717) is 16.6 Å². The number of carbonyl (C=O) groups excluding carboxylic acids is 1. The Morgan fingerprint density at radius 3 is 2.54 bits per heavy atom. The number of carbonyl (C=O) groups is 1. The lowest BCUT2D eigenvalue weighted by molar-refractivity contribution is -0.141. The summed E-state index contributed by atoms with van der Waals surface area (Å²) in [4.78, 5) is 13.2. The molecule has 0 saturated heterocycles. The third-order valence-electron chi connectivity index (χ3n) is 3.68. The SMILES string of the molecule is NC(=O)c1c(C(F)(F)F)nn2c1N(Cc1ccc(Cl)c(Cl)c1)CC2. The predicted molar refractivity (Wildman–Crippen MR) is 83.3 cm³/mol. The lowest BCUT2D eigenvalue weighted by Gasteiger charge is -2.19. The van der Waals surface area contributed by atoms with E-state index < -0.39 is 23.3 Å². The van der Waals surface area contributed by atoms with Crippen molar-refractivity contribution in [1.29, 1.82) is 0 Å². The summed E-state index contributed by atoms with van der Waals surface area (Å²) in [6.45, 7) is 0.883. The number of rotatable bonds is 3. The number of aromatic nitrogens is 2. The van der Waals surface area contributed by atoms with Crippen molar-refractivity contribution in [3.05, 3.63) is 45.1 Å². The monoisotopic (exact) mass is 378 g/mol. The Morgan fingerprint density at radius 1 is 1.25 bits per heavy atom. The molecule has 0 aliphatic carbocycles. The van der Waals surface area contributed by atoms with Crippen LogP contribution in [0.25, 0.3) is 0 Å². The first kappa shape index (κ1) is 16.9. The Bertz CT molecular complexity index is 819. The molecule has 0 bridgehead atoms. The second-order valence-electron chi connectivity index (χ2n) is 5.30. The molecule has 24 heavy (non-hydrogen) atoms. The highest BCUT2D eigenvalue weighted by Crippen LogP contribution is 2.38. The number of fused-ring (bicyclic) bond motifs is 1. The Hall–Kier alpha value is -1.93. The van der Waals surface area contributed by atoms with E-state index in [2.05, 4.69) is 5.10 Å². The zero-order chi connectivity index (χ0) is 17.6. The van der Waals surface area contributed by atoms with Crippen molar-refractivity contribution in [1.82, 2.24) is 9.78 Å². The number of nitrogens with two attached hydrogens (primary N) is 1. The first-order valence-electron chi connectivity index (χ1n) is 6.85. The molecule has 1 aromatic heterocycles. The summed E-state index contributed by atoms with van der Waals surface area (Å²) in [5.74, 6) is -1.09. The van der Waals surface area contributed by atoms with Gasteiger partial charge < -0.3 is 10.6 Å². The Morgan fingerprint density at radius 2 is 1.96 bits per heavy atom. The van der Waals surface area contributed by atoms with Gasteiger partial charge in [0.25, 0.3) is 5.91 Å². The molecule has 0 atom stereocenters. The fraction of sp³-hybridized carbons (Fsp3) is 0.286. The molecule has 0 unspecified atom stereocenters. The number of hydrogen-bond donors (Lipinski definition) is 1. The number of halogens is 5. The van der Waals surface area contributed by atoms with Crippen LogP contribution in [0.3, 0.4) is 0 Å². The van der Waals surface area contributed by atoms with Gasteiger partial charge in [-0.25, -0.2) is 4.68 Å². The molecule has 2 aromatic rings. The number of anilines is 1. The number of benzene rings is 1. The number of nitrogens with zero attached hydrogens (tertiary/aromatic N) is 3. The van der Waals surface area contributed by atoms with Gasteiger partial charge in [0.2, 0.25) is 0 Å². The summed E-state index contributed by atoms with van der Waals surface area (Å²) in [6, 6.07) is 4.93. The highest BCUT2D eigenvalue weighted by molar-refractivity contribution is 6.42. The molecule has 0 radical (unpaired) electrons. The first-order chi connectivity index (χ1) is 11.2. The highest BCUT2D eigenvalue weighted by Gasteiger charge is 2.43. The van der Waals surface area contributed by atoms with Crippen molar-refractivity contribution in [3.63, 3.8) is 0 Å². The number of hydrogen-bond acceptors (Lipinski definition) is 3. The minimum Gasteiger partial charge on any atom is -0.365 e. The summed E-state index contributed by atoms with van der Waals surface area (Å²) in [5.41, 5.74) is 4.04. The molecule has 3 rings (SSSR count). The Labute approximate surface area is 144 Å². The molecule has 5 nitrogen and oxygen atoms in total. The van der Waals surface area contributed by atoms with E-state index >= 15 is 0 Å². The highest BCUT2D eigenvalue weighted by atomic mass is 35.5. The number of amides is 1. The lowest BCUT2D eigenvalue weighted by Crippen LogP contribution is -2.25. The van der Waals surface area contributed by atoms with Gasteiger partial charge in [0.05, 0.1) is 16.6 Å². The summed E-state index contributed by atoms with van der Waals surface area (Å²) in [6.07, 6.45) is -4.75. The van der Waals surface area contributed by atoms with Crippen LogP contribution in [-0.4, -0.2) is 22.2 Å². The molecule has 1 aromatic carbocycles. The van der Waals surface area contributed by atoms with Crippen molar-refractivity contribution in [2.75, 3.05) is 11.4 Å². The third-order valence-corrected chi connectivity index (χ3v) is 4.42. The number of primary amides is 1. The van der Waals surface area contributed by atoms with Gasteiger partial charge in [-0.05, 0) is 17.7 Å². The zero-order valence-electron chi connectivity index (χ0n) is 12.1. The van der Waals surface area contributed by atoms with Crippen LogP contribution in [0.1, 0.15) is 21.6 Å². The van der Waals surface area contributed by atoms with E-state index in [4.69, 9.17) is 28.9 Å². The van der Waals surface area contributed by atoms with Crippen LogP contribution in [0.2, 0.25) is 10.0 Å². The van der Waals surface area contributed by atoms with Gasteiger partial charge in [-0.3, -0.25) is 4.79 Å². The summed E-state index contributed by atoms with van der Waals surface area (Å²) < 4.78 is 40.4. The van der Waals surface area contributed by atoms with E-state index in [1.54, 1.807) is 23.1 Å². The molecule has 1 amide bonds. The Kier molecular flexibility index (Phi) is 4.13. The van der Waals surface area contributed by atoms with Gasteiger partial charge in [0.15, 0.2) is 5.69 Å². The molecular weight excluding hydrogens is 368 g/mol. The van der Waals surface area contributed by atoms with Gasteiger partial charge >= 0.3 is 6.18 Å². The number of alkyl halides is 3. The van der Waals surface area contributed by atoms with Crippen LogP contribution in [0, 0.1) is 0 Å². The largest absolute Gasteiger partial charge is 0.436 e. The zero-order valence-corrected chi connectivity index (χ0v) is 13.6. The van der Waals surface area contributed by atoms with E-state index in [-0.39, 0.29) is 18.9 Å². The van der Waals surface area contributed by atoms with Crippen molar-refractivity contribution >= 4 is 34.9 Å². The van der Waals surface area contributed by atoms with Gasteiger partial charge in [-0.2, -0.15) is 18.3 Å². The quantitative estimate of drug-likeness (QED) is 0.890. The second kappa shape index (κ2) is 5.86. The van der Waals surface area contributed by atoms with Crippen molar-refractivity contribution in [2.45, 2.75) is 19.3 Å². The smallest absolute Gasteiger partial charge is 0.365 e. The molecule has 128 valence electrons. The topological polar surface area (TPSA) is 64.2 Å². The standard InChI is InChI=1S/C14H11Cl2F3N4O/c15-8-2-1-7(5-9(8)16)6-22-3-4-23-13(22)10(12(20)24)11(21-23)14(17,18)19/h1-2,5H,3-4,6H2,(H2,20,24). The fourth-order valence-corrected chi connectivity index (χ4v) is 3.01. The van der Waals surface area contributed by atoms with Crippen molar-refractivity contribution in [3.8, 4) is 0 Å². The van der Waals surface area contributed by atoms with E-state index in [0.717, 1.165) is 10.2 Å². The van der Waals surface area contributed by atoms with Gasteiger partial charge in [-0.1, -0.05) is 29.3 Å². The summed E-state index contributed by atoms with van der Waals surface area (Å²) in [7, 11) is 0. The average Bonchev–Trinajstić information content (AvgIpc) is 3.02. The first-order valence-corrected chi connectivity index (χ1v) is 7.60. The van der Waals surface area contributed by atoms with Gasteiger partial charge in [-0.15, -0.1) is 0 Å². The molecule has 2 N–H and O–H groups in total. The second-order valence-corrected chi connectivity index (χ2v) is 6.12. The van der Waals surface area contributed by atoms with Crippen LogP contribution in [-0.2, 0) is 19.3 Å². The van der Waals surface area contributed by atoms with E-state index in [1.165, 1.54) is 0 Å². The maximum absolute atomic E-state index is 13.1. The third kappa shape index (κ3) is 2.91. The summed E-state index contributed by atoms with van der Waals surface area (Å²) in [5, 5.41) is 4.23. The summed E-state index contributed by atoms with van der Waals surface area (Å²) >= 11 is 11.8. The van der Waals surface area contributed by atoms with Crippen LogP contribution < -0.4 is 10.6 Å². The maximum atomic E-state index is 13.1. The lowest BCUT2D eigenvalue weighted by atomic mass is 10.1. The van der Waals surface area contributed by atoms with Crippen LogP contribution in [0.4, 0.5) is 19.0 Å². The molecule has 1 aliphatic rings. The van der Waals surface area contributed by atoms with Crippen LogP contribution in [0.5, 0.6) is 0 Å². The fourth-order valence-electron chi connectivity index (χ4n) is 2.69. The predicted octanol–water partition coefficient (Wildman–Crippen LogP) is 3.33. The molecule has 0 saturated carbocycles. The molecule has 0 spiro atoms. The van der Waals surface area contributed by atoms with E-state index in [1.807, 2.05) is 0 Å². The molecule has 0 fully saturated rings. The normalized spacial score (nSPS) is 14.1. The molecular formula is C14H11Cl2F3N4O. The van der Waals surface area contributed by atoms with Crippen LogP contribution >= 0.6 is 23.2 Å². The minimum atomic E-state index is -4.75. The molecule has 10 heteroatoms. The van der Waals surface area contributed by atoms with Crippen LogP contribution in [0.15, 0.2) is 18.2 Å². The van der Waals surface area contributed by atoms with Gasteiger partial charge in [0, 0.05) is 13.1 Å². The Balaban J connectivity index is 2.00. The van der Waals surface area contributed by atoms with Crippen molar-refractivity contribution in [2.24, 2.45) is 5.73 Å². The average molecular weight is 379 g/mol. The van der Waals surface area contributed by atoms with Crippen molar-refractivity contribution < 1.29 is 18.0 Å². The minimum absolute atomic E-state index is 0.0703. The molecule has 1 aliphatic heterocycles. The molecule has 2 heterocycles. The van der Waals surface area contributed by atoms with Gasteiger partial charge in [0.1, 0.15) is 11.4 Å². The maximum Gasteiger partial charge on any atom is 0.436 e. The van der Waals surface area contributed by atoms with E-state index in [9.17, 15) is 18.0 Å².